The van der Waals surface area contributed by atoms with E-state index in [-0.39, 0.29) is 25.0 Å². The molecule has 0 radical (unpaired) electrons. The van der Waals surface area contributed by atoms with Gasteiger partial charge in [0.05, 0.1) is 37.2 Å². The first-order valence-corrected chi connectivity index (χ1v) is 16.6. The van der Waals surface area contributed by atoms with Gasteiger partial charge in [-0.05, 0) is 75.8 Å². The summed E-state index contributed by atoms with van der Waals surface area (Å²) < 4.78 is 12.3. The lowest BCUT2D eigenvalue weighted by Gasteiger charge is -2.39. The third-order valence-corrected chi connectivity index (χ3v) is 9.85. The Kier molecular flexibility index (Phi) is 10.6. The normalized spacial score (nSPS) is 25.2. The van der Waals surface area contributed by atoms with E-state index in [2.05, 4.69) is 31.9 Å². The molecule has 2 amide bonds. The largest absolute Gasteiger partial charge is 0.465 e. The van der Waals surface area contributed by atoms with E-state index >= 15 is 0 Å². The molecule has 5 rings (SSSR count). The number of rotatable bonds is 16. The predicted octanol–water partition coefficient (Wildman–Crippen LogP) is 5.06. The molecular weight excluding hydrogens is 582 g/mol. The van der Waals surface area contributed by atoms with E-state index in [0.29, 0.717) is 30.5 Å². The fourth-order valence-electron chi connectivity index (χ4n) is 7.69. The number of hydrogen-bond acceptors (Lipinski definition) is 7. The summed E-state index contributed by atoms with van der Waals surface area (Å²) in [5, 5.41) is 10.8. The van der Waals surface area contributed by atoms with Gasteiger partial charge in [0, 0.05) is 31.0 Å². The molecule has 2 aromatic rings. The second-order valence-corrected chi connectivity index (χ2v) is 12.3. The number of fused-ring (bicyclic) bond motifs is 1. The summed E-state index contributed by atoms with van der Waals surface area (Å²) in [7, 11) is 0. The zero-order valence-corrected chi connectivity index (χ0v) is 27.1. The van der Waals surface area contributed by atoms with Gasteiger partial charge in [0.15, 0.2) is 0 Å². The van der Waals surface area contributed by atoms with Gasteiger partial charge in [-0.3, -0.25) is 14.4 Å². The van der Waals surface area contributed by atoms with Crippen molar-refractivity contribution in [3.8, 4) is 0 Å². The van der Waals surface area contributed by atoms with Gasteiger partial charge in [0.25, 0.3) is 5.91 Å². The highest BCUT2D eigenvalue weighted by Crippen LogP contribution is 2.60. The van der Waals surface area contributed by atoms with E-state index in [1.807, 2.05) is 60.7 Å². The Bertz CT molecular complexity index is 1390. The highest BCUT2D eigenvalue weighted by Gasteiger charge is 2.75. The van der Waals surface area contributed by atoms with Crippen LogP contribution in [0.15, 0.2) is 79.9 Å². The van der Waals surface area contributed by atoms with E-state index < -0.39 is 48.2 Å². The smallest absolute Gasteiger partial charge is 0.312 e. The summed E-state index contributed by atoms with van der Waals surface area (Å²) in [5.74, 6) is -2.88. The van der Waals surface area contributed by atoms with Gasteiger partial charge >= 0.3 is 5.97 Å². The van der Waals surface area contributed by atoms with Gasteiger partial charge in [0.1, 0.15) is 11.6 Å². The number of likely N-dealkylation sites (tertiary alicyclic amines) is 1. The number of esters is 1. The maximum Gasteiger partial charge on any atom is 0.312 e. The van der Waals surface area contributed by atoms with Crippen molar-refractivity contribution in [3.63, 3.8) is 0 Å². The van der Waals surface area contributed by atoms with Crippen molar-refractivity contribution in [2.24, 2.45) is 11.8 Å². The second-order valence-electron chi connectivity index (χ2n) is 12.3. The lowest BCUT2D eigenvalue weighted by Crippen LogP contribution is -2.57. The molecule has 0 aromatic heterocycles. The number of aliphatic hydroxyl groups excluding tert-OH is 1. The van der Waals surface area contributed by atoms with Crippen LogP contribution in [-0.4, -0.2) is 78.4 Å². The molecule has 6 atom stereocenters. The Morgan fingerprint density at radius 1 is 1.07 bits per heavy atom. The molecule has 2 aromatic carbocycles. The van der Waals surface area contributed by atoms with Gasteiger partial charge in [0.2, 0.25) is 5.91 Å². The summed E-state index contributed by atoms with van der Waals surface area (Å²) in [4.78, 5) is 48.5. The van der Waals surface area contributed by atoms with E-state index in [1.54, 1.807) is 11.0 Å². The quantitative estimate of drug-likeness (QED) is 0.158. The summed E-state index contributed by atoms with van der Waals surface area (Å²) >= 11 is 0. The summed E-state index contributed by atoms with van der Waals surface area (Å²) in [6, 6.07) is 15.1. The number of nitrogens with zero attached hydrogens (tertiary/aromatic N) is 3. The number of amides is 2. The third kappa shape index (κ3) is 5.98. The van der Waals surface area contributed by atoms with Gasteiger partial charge in [-0.2, -0.15) is 0 Å². The number of carbonyl (C=O) groups excluding carboxylic acids is 3. The van der Waals surface area contributed by atoms with Crippen LogP contribution in [-0.2, 0) is 23.9 Å². The van der Waals surface area contributed by atoms with E-state index in [1.165, 1.54) is 4.90 Å². The maximum atomic E-state index is 14.9. The summed E-state index contributed by atoms with van der Waals surface area (Å²) in [5.41, 5.74) is 1.18. The fourth-order valence-corrected chi connectivity index (χ4v) is 7.69. The molecule has 9 heteroatoms. The molecule has 3 heterocycles. The monoisotopic (exact) mass is 629 g/mol. The van der Waals surface area contributed by atoms with Crippen molar-refractivity contribution in [2.75, 3.05) is 42.6 Å². The van der Waals surface area contributed by atoms with Crippen molar-refractivity contribution in [2.45, 2.75) is 69.7 Å². The van der Waals surface area contributed by atoms with E-state index in [0.717, 1.165) is 31.6 Å². The Hall–Kier alpha value is -3.95. The Labute approximate surface area is 272 Å². The van der Waals surface area contributed by atoms with E-state index in [4.69, 9.17) is 9.47 Å². The number of unbranched alkanes of at least 4 members (excludes halogenated alkanes) is 2. The topological polar surface area (TPSA) is 99.6 Å². The molecule has 46 heavy (non-hydrogen) atoms. The number of carbonyl (C=O) groups is 3. The fraction of sp³-hybridized carbons (Fsp3) is 0.486. The van der Waals surface area contributed by atoms with Crippen LogP contribution in [0, 0.1) is 11.8 Å². The minimum atomic E-state index is -1.23. The second kappa shape index (κ2) is 14.6. The Balaban J connectivity index is 1.53. The van der Waals surface area contributed by atoms with Crippen molar-refractivity contribution in [1.82, 2.24) is 4.90 Å². The predicted molar refractivity (Wildman–Crippen MR) is 178 cm³/mol. The summed E-state index contributed by atoms with van der Waals surface area (Å²) in [6.07, 6.45) is 6.32. The zero-order chi connectivity index (χ0) is 32.8. The Morgan fingerprint density at radius 2 is 1.76 bits per heavy atom. The average molecular weight is 630 g/mol. The molecule has 1 N–H and O–H groups in total. The highest BCUT2D eigenvalue weighted by molar-refractivity contribution is 6.05. The lowest BCUT2D eigenvalue weighted by atomic mass is 9.70. The molecule has 0 saturated carbocycles. The van der Waals surface area contributed by atoms with Crippen molar-refractivity contribution >= 4 is 29.2 Å². The molecular formula is C37H47N3O6. The first-order chi connectivity index (χ1) is 22.4. The molecule has 2 bridgehead atoms. The molecule has 246 valence electrons. The minimum Gasteiger partial charge on any atom is -0.465 e. The van der Waals surface area contributed by atoms with Gasteiger partial charge in [-0.25, -0.2) is 0 Å². The van der Waals surface area contributed by atoms with Crippen molar-refractivity contribution in [3.05, 3.63) is 85.5 Å². The Morgan fingerprint density at radius 3 is 2.39 bits per heavy atom. The van der Waals surface area contributed by atoms with Crippen LogP contribution in [0.4, 0.5) is 11.4 Å². The van der Waals surface area contributed by atoms with Crippen LogP contribution in [0.2, 0.25) is 0 Å². The standard InChI is InChI=1S/C37H47N3O6/c1-5-9-10-14-24-45-36(44)31-30-21-22-37(46-30)32(31)34(42)40(29(25-41)26-15-12-11-13-16-26)33(37)35(43)39(23-6-2)28-19-17-27(18-20-28)38(7-3)8-4/h5-6,11-13,15-20,29-33,41H,1-2,7-10,14,21-25H2,3-4H3/t29-,30-,31+,32+,33?,37?/m1/s1. The van der Waals surface area contributed by atoms with Crippen molar-refractivity contribution in [1.29, 1.82) is 0 Å². The molecule has 3 fully saturated rings. The van der Waals surface area contributed by atoms with Crippen LogP contribution < -0.4 is 9.80 Å². The molecule has 9 nitrogen and oxygen atoms in total. The van der Waals surface area contributed by atoms with E-state index in [9.17, 15) is 19.5 Å². The average Bonchev–Trinajstić information content (AvgIpc) is 3.73. The molecule has 3 aliphatic heterocycles. The number of aliphatic hydroxyl groups is 1. The van der Waals surface area contributed by atoms with Gasteiger partial charge in [-0.15, -0.1) is 13.2 Å². The third-order valence-electron chi connectivity index (χ3n) is 9.85. The van der Waals surface area contributed by atoms with Gasteiger partial charge < -0.3 is 29.3 Å². The van der Waals surface area contributed by atoms with Crippen LogP contribution in [0.25, 0.3) is 0 Å². The number of anilines is 2. The lowest BCUT2D eigenvalue weighted by molar-refractivity contribution is -0.156. The number of benzene rings is 2. The molecule has 3 saturated heterocycles. The number of ether oxygens (including phenoxy) is 2. The van der Waals surface area contributed by atoms with Crippen LogP contribution in [0.3, 0.4) is 0 Å². The number of hydrogen-bond donors (Lipinski definition) is 1. The highest BCUT2D eigenvalue weighted by atomic mass is 16.6. The molecule has 1 spiro atoms. The van der Waals surface area contributed by atoms with Crippen molar-refractivity contribution < 1.29 is 29.0 Å². The maximum absolute atomic E-state index is 14.9. The van der Waals surface area contributed by atoms with Crippen LogP contribution >= 0.6 is 0 Å². The molecule has 2 unspecified atom stereocenters. The molecule has 0 aliphatic carbocycles. The first kappa shape index (κ1) is 33.4. The number of allylic oxidation sites excluding steroid dienone is 1. The van der Waals surface area contributed by atoms with Crippen LogP contribution in [0.5, 0.6) is 0 Å². The minimum absolute atomic E-state index is 0.206. The summed E-state index contributed by atoms with van der Waals surface area (Å²) in [6.45, 7) is 13.6. The van der Waals surface area contributed by atoms with Gasteiger partial charge in [-0.1, -0.05) is 42.5 Å². The SMILES string of the molecule is C=CCCCCOC(=O)[C@@H]1[C@H]2C(=O)N([C@H](CO)c3ccccc3)C(C(=O)N(CC=C)c3ccc(N(CC)CC)cc3)C23CC[C@H]1O3. The first-order valence-electron chi connectivity index (χ1n) is 16.6. The van der Waals surface area contributed by atoms with Crippen LogP contribution in [0.1, 0.15) is 57.6 Å². The zero-order valence-electron chi connectivity index (χ0n) is 27.1. The molecule has 3 aliphatic rings.